The second kappa shape index (κ2) is 5.87. The molecule has 1 fully saturated rings. The summed E-state index contributed by atoms with van der Waals surface area (Å²) in [5.41, 5.74) is 0. The molecule has 2 unspecified atom stereocenters. The number of hydrogen-bond donors (Lipinski definition) is 6. The van der Waals surface area contributed by atoms with Crippen molar-refractivity contribution in [2.24, 2.45) is 0 Å². The van der Waals surface area contributed by atoms with Gasteiger partial charge in [-0.05, 0) is 0 Å². The van der Waals surface area contributed by atoms with Crippen LogP contribution in [0.4, 0.5) is 0 Å². The number of likely N-dealkylation sites (tertiary alicyclic amines) is 1. The Morgan fingerprint density at radius 3 is 2.00 bits per heavy atom. The Labute approximate surface area is 93.2 Å². The van der Waals surface area contributed by atoms with Gasteiger partial charge in [0.25, 0.3) is 0 Å². The third-order valence-corrected chi connectivity index (χ3v) is 3.04. The van der Waals surface area contributed by atoms with Crippen molar-refractivity contribution in [3.05, 3.63) is 0 Å². The fourth-order valence-electron chi connectivity index (χ4n) is 2.01. The van der Waals surface area contributed by atoms with Crippen LogP contribution in [0.2, 0.25) is 0 Å². The summed E-state index contributed by atoms with van der Waals surface area (Å²) in [7, 11) is 0. The maximum absolute atomic E-state index is 9.64. The number of hydrogen-bond acceptors (Lipinski definition) is 7. The van der Waals surface area contributed by atoms with Gasteiger partial charge in [-0.3, -0.25) is 4.90 Å². The third kappa shape index (κ3) is 2.51. The van der Waals surface area contributed by atoms with Crippen LogP contribution in [-0.4, -0.2) is 92.3 Å². The van der Waals surface area contributed by atoms with E-state index in [0.29, 0.717) is 0 Å². The zero-order chi connectivity index (χ0) is 12.3. The van der Waals surface area contributed by atoms with E-state index >= 15 is 0 Å². The molecule has 0 bridgehead atoms. The molecule has 4 atom stereocenters. The number of β-amino-alcohol motifs (C(OH)–C–C–N with tert-alkyl or cyclic N) is 1. The quantitative estimate of drug-likeness (QED) is 0.295. The van der Waals surface area contributed by atoms with Gasteiger partial charge in [-0.25, -0.2) is 0 Å². The maximum atomic E-state index is 9.64. The first-order valence-corrected chi connectivity index (χ1v) is 5.19. The third-order valence-electron chi connectivity index (χ3n) is 3.04. The van der Waals surface area contributed by atoms with Gasteiger partial charge in [-0.1, -0.05) is 0 Å². The van der Waals surface area contributed by atoms with E-state index < -0.39 is 37.0 Å². The molecule has 0 aromatic rings. The van der Waals surface area contributed by atoms with Crippen LogP contribution in [0.5, 0.6) is 0 Å². The van der Waals surface area contributed by atoms with Crippen LogP contribution in [0.25, 0.3) is 0 Å². The largest absolute Gasteiger partial charge is 0.395 e. The SMILES string of the molecule is OCC(CO)N1C[C@H](O)C(O)[C@H](O)C1CO. The molecule has 0 aromatic heterocycles. The summed E-state index contributed by atoms with van der Waals surface area (Å²) >= 11 is 0. The highest BCUT2D eigenvalue weighted by molar-refractivity contribution is 4.96. The molecule has 7 nitrogen and oxygen atoms in total. The van der Waals surface area contributed by atoms with Crippen LogP contribution < -0.4 is 0 Å². The summed E-state index contributed by atoms with van der Waals surface area (Å²) in [5.74, 6) is 0. The van der Waals surface area contributed by atoms with Crippen molar-refractivity contribution in [3.63, 3.8) is 0 Å². The lowest BCUT2D eigenvalue weighted by atomic mass is 9.93. The fourth-order valence-corrected chi connectivity index (χ4v) is 2.01. The van der Waals surface area contributed by atoms with Gasteiger partial charge in [-0.15, -0.1) is 0 Å². The summed E-state index contributed by atoms with van der Waals surface area (Å²) in [6.45, 7) is -1.16. The maximum Gasteiger partial charge on any atom is 0.109 e. The summed E-state index contributed by atoms with van der Waals surface area (Å²) < 4.78 is 0. The molecule has 0 saturated carbocycles. The Morgan fingerprint density at radius 2 is 1.56 bits per heavy atom. The van der Waals surface area contributed by atoms with E-state index in [2.05, 4.69) is 0 Å². The highest BCUT2D eigenvalue weighted by Crippen LogP contribution is 2.21. The molecule has 0 amide bonds. The highest BCUT2D eigenvalue weighted by atomic mass is 16.4. The van der Waals surface area contributed by atoms with E-state index in [1.165, 1.54) is 4.90 Å². The van der Waals surface area contributed by atoms with Crippen LogP contribution in [0.1, 0.15) is 0 Å². The van der Waals surface area contributed by atoms with E-state index in [4.69, 9.17) is 15.3 Å². The molecule has 96 valence electrons. The Kier molecular flexibility index (Phi) is 5.06. The summed E-state index contributed by atoms with van der Waals surface area (Å²) in [6.07, 6.45) is -3.81. The van der Waals surface area contributed by atoms with Crippen molar-refractivity contribution < 1.29 is 30.6 Å². The van der Waals surface area contributed by atoms with Crippen molar-refractivity contribution in [1.82, 2.24) is 4.90 Å². The van der Waals surface area contributed by atoms with Gasteiger partial charge >= 0.3 is 0 Å². The lowest BCUT2D eigenvalue weighted by Crippen LogP contribution is -2.65. The van der Waals surface area contributed by atoms with E-state index in [9.17, 15) is 15.3 Å². The van der Waals surface area contributed by atoms with Gasteiger partial charge in [0, 0.05) is 6.54 Å². The first-order chi connectivity index (χ1) is 7.56. The van der Waals surface area contributed by atoms with Crippen LogP contribution in [0, 0.1) is 0 Å². The van der Waals surface area contributed by atoms with Crippen molar-refractivity contribution in [2.45, 2.75) is 30.4 Å². The standard InChI is InChI=1S/C9H19NO6/c11-2-5(3-12)10-1-7(14)9(16)8(15)6(10)4-13/h5-9,11-16H,1-4H2/t6?,7-,8+,9?/m0/s1. The van der Waals surface area contributed by atoms with Crippen molar-refractivity contribution in [2.75, 3.05) is 26.4 Å². The normalized spacial score (nSPS) is 36.9. The molecule has 16 heavy (non-hydrogen) atoms. The Hall–Kier alpha value is -0.280. The molecule has 0 spiro atoms. The number of rotatable bonds is 4. The van der Waals surface area contributed by atoms with Crippen molar-refractivity contribution in [3.8, 4) is 0 Å². The molecular weight excluding hydrogens is 218 g/mol. The van der Waals surface area contributed by atoms with Crippen LogP contribution in [0.15, 0.2) is 0 Å². The second-order valence-electron chi connectivity index (χ2n) is 4.01. The molecule has 0 radical (unpaired) electrons. The Morgan fingerprint density at radius 1 is 1.00 bits per heavy atom. The highest BCUT2D eigenvalue weighted by Gasteiger charge is 2.43. The molecule has 1 aliphatic rings. The topological polar surface area (TPSA) is 125 Å². The molecule has 6 N–H and O–H groups in total. The van der Waals surface area contributed by atoms with Gasteiger partial charge < -0.3 is 30.6 Å². The van der Waals surface area contributed by atoms with Crippen molar-refractivity contribution in [1.29, 1.82) is 0 Å². The molecule has 7 heteroatoms. The predicted octanol–water partition coefficient (Wildman–Crippen LogP) is -3.90. The molecular formula is C9H19NO6. The van der Waals surface area contributed by atoms with Gasteiger partial charge in [0.15, 0.2) is 0 Å². The van der Waals surface area contributed by atoms with Gasteiger partial charge in [0.05, 0.1) is 38.0 Å². The molecule has 1 heterocycles. The fraction of sp³-hybridized carbons (Fsp3) is 1.00. The minimum atomic E-state index is -1.33. The number of piperidine rings is 1. The minimum absolute atomic E-state index is 0.0186. The average Bonchev–Trinajstić information content (AvgIpc) is 2.28. The number of aliphatic hydroxyl groups is 6. The zero-order valence-corrected chi connectivity index (χ0v) is 8.85. The number of nitrogens with zero attached hydrogens (tertiary/aromatic N) is 1. The van der Waals surface area contributed by atoms with Gasteiger partial charge in [-0.2, -0.15) is 0 Å². The molecule has 0 aromatic carbocycles. The van der Waals surface area contributed by atoms with Crippen molar-refractivity contribution >= 4 is 0 Å². The summed E-state index contributed by atoms with van der Waals surface area (Å²) in [6, 6.07) is -1.48. The minimum Gasteiger partial charge on any atom is -0.395 e. The second-order valence-corrected chi connectivity index (χ2v) is 4.01. The zero-order valence-electron chi connectivity index (χ0n) is 8.85. The number of aliphatic hydroxyl groups excluding tert-OH is 6. The van der Waals surface area contributed by atoms with Crippen LogP contribution >= 0.6 is 0 Å². The Bertz CT molecular complexity index is 212. The lowest BCUT2D eigenvalue weighted by Gasteiger charge is -2.45. The summed E-state index contributed by atoms with van der Waals surface area (Å²) in [5, 5.41) is 55.7. The van der Waals surface area contributed by atoms with Crippen LogP contribution in [0.3, 0.4) is 0 Å². The van der Waals surface area contributed by atoms with E-state index in [-0.39, 0.29) is 19.8 Å². The molecule has 1 aliphatic heterocycles. The molecule has 1 rings (SSSR count). The van der Waals surface area contributed by atoms with Gasteiger partial charge in [0.1, 0.15) is 12.2 Å². The first-order valence-electron chi connectivity index (χ1n) is 5.19. The first kappa shape index (κ1) is 13.8. The smallest absolute Gasteiger partial charge is 0.109 e. The van der Waals surface area contributed by atoms with Crippen LogP contribution in [-0.2, 0) is 0 Å². The molecule has 1 saturated heterocycles. The Balaban J connectivity index is 2.81. The van der Waals surface area contributed by atoms with Gasteiger partial charge in [0.2, 0.25) is 0 Å². The monoisotopic (exact) mass is 237 g/mol. The molecule has 0 aliphatic carbocycles. The van der Waals surface area contributed by atoms with E-state index in [0.717, 1.165) is 0 Å². The predicted molar refractivity (Wildman–Crippen MR) is 53.6 cm³/mol. The summed E-state index contributed by atoms with van der Waals surface area (Å²) in [4.78, 5) is 1.40. The lowest BCUT2D eigenvalue weighted by molar-refractivity contribution is -0.160. The van der Waals surface area contributed by atoms with E-state index in [1.54, 1.807) is 0 Å². The van der Waals surface area contributed by atoms with E-state index in [1.807, 2.05) is 0 Å². The average molecular weight is 237 g/mol.